The summed E-state index contributed by atoms with van der Waals surface area (Å²) in [6, 6.07) is 15.1. The van der Waals surface area contributed by atoms with E-state index < -0.39 is 0 Å². The highest BCUT2D eigenvalue weighted by Crippen LogP contribution is 2.25. The van der Waals surface area contributed by atoms with E-state index in [0.717, 1.165) is 29.3 Å². The van der Waals surface area contributed by atoms with Crippen LogP contribution in [0.15, 0.2) is 59.5 Å². The third kappa shape index (κ3) is 3.56. The minimum atomic E-state index is -0.137. The van der Waals surface area contributed by atoms with Gasteiger partial charge in [0.15, 0.2) is 5.65 Å². The molecule has 0 bridgehead atoms. The van der Waals surface area contributed by atoms with Gasteiger partial charge in [0.1, 0.15) is 5.69 Å². The molecule has 164 valence electrons. The number of pyridine rings is 2. The standard InChI is InChI=1S/C24H25N5O3/c1-32-15-14-28-21-9-4-12-25-22(21)29(24(28)31)18-7-5-13-27(16-18)23(30)20-11-10-17-6-2-3-8-19(17)26-20/h2-4,6,8-12,18H,5,7,13-16H2,1H3/t18-/m0/s1. The maximum atomic E-state index is 13.3. The van der Waals surface area contributed by atoms with Gasteiger partial charge in [0.25, 0.3) is 5.91 Å². The molecule has 32 heavy (non-hydrogen) atoms. The van der Waals surface area contributed by atoms with E-state index in [9.17, 15) is 9.59 Å². The van der Waals surface area contributed by atoms with Crippen molar-refractivity contribution in [2.75, 3.05) is 26.8 Å². The van der Waals surface area contributed by atoms with Gasteiger partial charge < -0.3 is 9.64 Å². The molecule has 0 aliphatic carbocycles. The lowest BCUT2D eigenvalue weighted by atomic mass is 10.0. The molecule has 1 fully saturated rings. The summed E-state index contributed by atoms with van der Waals surface area (Å²) in [5.74, 6) is -0.107. The molecule has 8 heteroatoms. The van der Waals surface area contributed by atoms with Gasteiger partial charge in [-0.15, -0.1) is 0 Å². The quantitative estimate of drug-likeness (QED) is 0.485. The van der Waals surface area contributed by atoms with E-state index >= 15 is 0 Å². The van der Waals surface area contributed by atoms with E-state index in [2.05, 4.69) is 9.97 Å². The van der Waals surface area contributed by atoms with Crippen LogP contribution in [0.5, 0.6) is 0 Å². The summed E-state index contributed by atoms with van der Waals surface area (Å²) in [5.41, 5.74) is 2.55. The smallest absolute Gasteiger partial charge is 0.330 e. The molecular weight excluding hydrogens is 406 g/mol. The third-order valence-electron chi connectivity index (χ3n) is 6.11. The number of amides is 1. The first-order valence-corrected chi connectivity index (χ1v) is 10.9. The zero-order chi connectivity index (χ0) is 22.1. The average molecular weight is 431 g/mol. The minimum Gasteiger partial charge on any atom is -0.383 e. The number of hydrogen-bond donors (Lipinski definition) is 0. The van der Waals surface area contributed by atoms with E-state index in [0.29, 0.717) is 37.6 Å². The molecule has 4 heterocycles. The lowest BCUT2D eigenvalue weighted by Crippen LogP contribution is -2.43. The third-order valence-corrected chi connectivity index (χ3v) is 6.11. The Morgan fingerprint density at radius 2 is 2.03 bits per heavy atom. The summed E-state index contributed by atoms with van der Waals surface area (Å²) in [4.78, 5) is 37.4. The molecule has 1 amide bonds. The molecule has 1 aliphatic heterocycles. The number of hydrogen-bond acceptors (Lipinski definition) is 5. The zero-order valence-electron chi connectivity index (χ0n) is 18.0. The van der Waals surface area contributed by atoms with Gasteiger partial charge >= 0.3 is 5.69 Å². The Kier molecular flexibility index (Phi) is 5.45. The number of methoxy groups -OCH3 is 1. The van der Waals surface area contributed by atoms with Crippen molar-refractivity contribution >= 4 is 28.0 Å². The number of carbonyl (C=O) groups is 1. The maximum absolute atomic E-state index is 13.3. The largest absolute Gasteiger partial charge is 0.383 e. The summed E-state index contributed by atoms with van der Waals surface area (Å²) < 4.78 is 8.64. The number of nitrogens with zero attached hydrogens (tertiary/aromatic N) is 5. The molecule has 1 aliphatic rings. The van der Waals surface area contributed by atoms with Crippen LogP contribution in [-0.4, -0.2) is 56.7 Å². The maximum Gasteiger partial charge on any atom is 0.330 e. The van der Waals surface area contributed by atoms with E-state index in [1.807, 2.05) is 42.5 Å². The Morgan fingerprint density at radius 1 is 1.16 bits per heavy atom. The van der Waals surface area contributed by atoms with Crippen LogP contribution in [-0.2, 0) is 11.3 Å². The molecule has 1 saturated heterocycles. The summed E-state index contributed by atoms with van der Waals surface area (Å²) >= 11 is 0. The van der Waals surface area contributed by atoms with Crippen molar-refractivity contribution in [2.45, 2.75) is 25.4 Å². The topological polar surface area (TPSA) is 82.2 Å². The number of benzene rings is 1. The first-order chi connectivity index (χ1) is 15.7. The van der Waals surface area contributed by atoms with Gasteiger partial charge in [-0.1, -0.05) is 24.3 Å². The highest BCUT2D eigenvalue weighted by Gasteiger charge is 2.29. The SMILES string of the molecule is COCCn1c(=O)n([C@H]2CCCN(C(=O)c3ccc4ccccc4n3)C2)c2ncccc21. The highest BCUT2D eigenvalue weighted by atomic mass is 16.5. The second kappa shape index (κ2) is 8.55. The number of imidazole rings is 1. The Morgan fingerprint density at radius 3 is 2.91 bits per heavy atom. The van der Waals surface area contributed by atoms with Crippen LogP contribution in [0.4, 0.5) is 0 Å². The van der Waals surface area contributed by atoms with Gasteiger partial charge in [0, 0.05) is 31.8 Å². The summed E-state index contributed by atoms with van der Waals surface area (Å²) in [6.07, 6.45) is 3.33. The first-order valence-electron chi connectivity index (χ1n) is 10.9. The van der Waals surface area contributed by atoms with Gasteiger partial charge in [-0.2, -0.15) is 0 Å². The summed E-state index contributed by atoms with van der Waals surface area (Å²) in [5, 5.41) is 1.00. The van der Waals surface area contributed by atoms with E-state index in [1.54, 1.807) is 33.4 Å². The molecular formula is C24H25N5O3. The van der Waals surface area contributed by atoms with Crippen molar-refractivity contribution in [1.29, 1.82) is 0 Å². The minimum absolute atomic E-state index is 0.107. The van der Waals surface area contributed by atoms with Crippen LogP contribution in [0.1, 0.15) is 29.4 Å². The predicted molar refractivity (Wildman–Crippen MR) is 122 cm³/mol. The van der Waals surface area contributed by atoms with Crippen molar-refractivity contribution in [2.24, 2.45) is 0 Å². The van der Waals surface area contributed by atoms with Crippen LogP contribution in [0, 0.1) is 0 Å². The fraction of sp³-hybridized carbons (Fsp3) is 0.333. The lowest BCUT2D eigenvalue weighted by molar-refractivity contribution is 0.0673. The molecule has 1 aromatic carbocycles. The number of piperidine rings is 1. The Balaban J connectivity index is 1.46. The number of likely N-dealkylation sites (tertiary alicyclic amines) is 1. The van der Waals surface area contributed by atoms with Gasteiger partial charge in [0.05, 0.1) is 30.2 Å². The second-order valence-electron chi connectivity index (χ2n) is 8.08. The molecule has 0 N–H and O–H groups in total. The predicted octanol–water partition coefficient (Wildman–Crippen LogP) is 2.87. The Labute approximate surface area is 185 Å². The Hall–Kier alpha value is -3.52. The van der Waals surface area contributed by atoms with Crippen LogP contribution >= 0.6 is 0 Å². The number of rotatable bonds is 5. The molecule has 0 spiro atoms. The van der Waals surface area contributed by atoms with Crippen molar-refractivity contribution in [3.63, 3.8) is 0 Å². The number of carbonyl (C=O) groups excluding carboxylic acids is 1. The zero-order valence-corrected chi connectivity index (χ0v) is 18.0. The first kappa shape index (κ1) is 20.4. The van der Waals surface area contributed by atoms with Crippen LogP contribution in [0.3, 0.4) is 0 Å². The van der Waals surface area contributed by atoms with Gasteiger partial charge in [-0.05, 0) is 37.1 Å². The van der Waals surface area contributed by atoms with E-state index in [-0.39, 0.29) is 17.6 Å². The number of fused-ring (bicyclic) bond motifs is 2. The number of ether oxygens (including phenoxy) is 1. The van der Waals surface area contributed by atoms with Crippen molar-refractivity contribution in [3.8, 4) is 0 Å². The van der Waals surface area contributed by atoms with Crippen molar-refractivity contribution in [1.82, 2.24) is 24.0 Å². The molecule has 5 rings (SSSR count). The fourth-order valence-electron chi connectivity index (χ4n) is 4.53. The molecule has 4 aromatic rings. The van der Waals surface area contributed by atoms with Gasteiger partial charge in [0.2, 0.25) is 0 Å². The van der Waals surface area contributed by atoms with Crippen molar-refractivity contribution in [3.05, 3.63) is 70.9 Å². The molecule has 1 atom stereocenters. The second-order valence-corrected chi connectivity index (χ2v) is 8.08. The van der Waals surface area contributed by atoms with E-state index in [4.69, 9.17) is 4.74 Å². The molecule has 0 saturated carbocycles. The molecule has 8 nitrogen and oxygen atoms in total. The number of para-hydroxylation sites is 1. The summed E-state index contributed by atoms with van der Waals surface area (Å²) in [7, 11) is 1.62. The van der Waals surface area contributed by atoms with E-state index in [1.165, 1.54) is 0 Å². The van der Waals surface area contributed by atoms with Crippen LogP contribution in [0.2, 0.25) is 0 Å². The number of aromatic nitrogens is 4. The molecule has 0 radical (unpaired) electrons. The normalized spacial score (nSPS) is 16.7. The lowest BCUT2D eigenvalue weighted by Gasteiger charge is -2.33. The monoisotopic (exact) mass is 431 g/mol. The van der Waals surface area contributed by atoms with Crippen LogP contribution in [0.25, 0.3) is 22.1 Å². The van der Waals surface area contributed by atoms with Crippen molar-refractivity contribution < 1.29 is 9.53 Å². The summed E-state index contributed by atoms with van der Waals surface area (Å²) in [6.45, 7) is 2.00. The highest BCUT2D eigenvalue weighted by molar-refractivity contribution is 5.95. The molecule has 0 unspecified atom stereocenters. The molecule has 3 aromatic heterocycles. The fourth-order valence-corrected chi connectivity index (χ4v) is 4.53. The van der Waals surface area contributed by atoms with Gasteiger partial charge in [-0.3, -0.25) is 13.9 Å². The Bertz CT molecular complexity index is 1340. The van der Waals surface area contributed by atoms with Gasteiger partial charge in [-0.25, -0.2) is 14.8 Å². The average Bonchev–Trinajstić information content (AvgIpc) is 3.13. The van der Waals surface area contributed by atoms with Crippen LogP contribution < -0.4 is 5.69 Å².